The SMILES string of the molecule is Cc1ccccc1COCCC1CCCNC1. The lowest BCUT2D eigenvalue weighted by Gasteiger charge is -2.22. The normalized spacial score (nSPS) is 20.4. The number of hydrogen-bond acceptors (Lipinski definition) is 2. The Hall–Kier alpha value is -0.860. The monoisotopic (exact) mass is 233 g/mol. The Morgan fingerprint density at radius 3 is 3.00 bits per heavy atom. The Labute approximate surface area is 104 Å². The molecule has 1 saturated heterocycles. The van der Waals surface area contributed by atoms with Crippen LogP contribution in [-0.4, -0.2) is 19.7 Å². The van der Waals surface area contributed by atoms with E-state index in [0.29, 0.717) is 0 Å². The zero-order valence-electron chi connectivity index (χ0n) is 10.7. The summed E-state index contributed by atoms with van der Waals surface area (Å²) in [5.41, 5.74) is 2.64. The molecule has 1 aromatic rings. The lowest BCUT2D eigenvalue weighted by molar-refractivity contribution is 0.103. The first-order valence-corrected chi connectivity index (χ1v) is 6.69. The van der Waals surface area contributed by atoms with Crippen LogP contribution in [0.4, 0.5) is 0 Å². The number of benzene rings is 1. The molecule has 0 spiro atoms. The van der Waals surface area contributed by atoms with Gasteiger partial charge in [-0.3, -0.25) is 0 Å². The Kier molecular flexibility index (Phi) is 5.02. The number of aryl methyl sites for hydroxylation is 1. The Bertz CT molecular complexity index is 331. The van der Waals surface area contributed by atoms with Gasteiger partial charge in [-0.2, -0.15) is 0 Å². The molecule has 1 aliphatic rings. The molecule has 0 radical (unpaired) electrons. The summed E-state index contributed by atoms with van der Waals surface area (Å²) < 4.78 is 5.78. The van der Waals surface area contributed by atoms with Gasteiger partial charge in [0, 0.05) is 6.61 Å². The zero-order valence-corrected chi connectivity index (χ0v) is 10.7. The summed E-state index contributed by atoms with van der Waals surface area (Å²) in [7, 11) is 0. The topological polar surface area (TPSA) is 21.3 Å². The fourth-order valence-electron chi connectivity index (χ4n) is 2.37. The van der Waals surface area contributed by atoms with Crippen LogP contribution in [0.3, 0.4) is 0 Å². The minimum Gasteiger partial charge on any atom is -0.377 e. The van der Waals surface area contributed by atoms with Crippen molar-refractivity contribution in [1.29, 1.82) is 0 Å². The summed E-state index contributed by atoms with van der Waals surface area (Å²) in [5.74, 6) is 0.820. The largest absolute Gasteiger partial charge is 0.377 e. The summed E-state index contributed by atoms with van der Waals surface area (Å²) in [6.07, 6.45) is 3.88. The van der Waals surface area contributed by atoms with Crippen molar-refractivity contribution < 1.29 is 4.74 Å². The second-order valence-corrected chi connectivity index (χ2v) is 4.98. The third kappa shape index (κ3) is 4.14. The van der Waals surface area contributed by atoms with E-state index in [1.54, 1.807) is 0 Å². The van der Waals surface area contributed by atoms with Crippen LogP contribution in [0.2, 0.25) is 0 Å². The van der Waals surface area contributed by atoms with Crippen LogP contribution in [-0.2, 0) is 11.3 Å². The van der Waals surface area contributed by atoms with E-state index in [4.69, 9.17) is 4.74 Å². The molecule has 1 aliphatic heterocycles. The number of ether oxygens (including phenoxy) is 1. The Morgan fingerprint density at radius 1 is 1.35 bits per heavy atom. The molecule has 1 atom stereocenters. The molecule has 94 valence electrons. The maximum Gasteiger partial charge on any atom is 0.0719 e. The van der Waals surface area contributed by atoms with Gasteiger partial charge in [0.1, 0.15) is 0 Å². The van der Waals surface area contributed by atoms with Crippen LogP contribution in [0.25, 0.3) is 0 Å². The van der Waals surface area contributed by atoms with Crippen molar-refractivity contribution in [2.75, 3.05) is 19.7 Å². The predicted molar refractivity (Wildman–Crippen MR) is 71.0 cm³/mol. The fraction of sp³-hybridized carbons (Fsp3) is 0.600. The first kappa shape index (κ1) is 12.6. The van der Waals surface area contributed by atoms with Crippen molar-refractivity contribution in [1.82, 2.24) is 5.32 Å². The van der Waals surface area contributed by atoms with Gasteiger partial charge < -0.3 is 10.1 Å². The van der Waals surface area contributed by atoms with Crippen molar-refractivity contribution in [3.05, 3.63) is 35.4 Å². The average molecular weight is 233 g/mol. The number of rotatable bonds is 5. The highest BCUT2D eigenvalue weighted by atomic mass is 16.5. The van der Waals surface area contributed by atoms with Crippen LogP contribution in [0.15, 0.2) is 24.3 Å². The molecule has 0 aliphatic carbocycles. The van der Waals surface area contributed by atoms with E-state index in [1.807, 2.05) is 0 Å². The van der Waals surface area contributed by atoms with Crippen molar-refractivity contribution in [3.63, 3.8) is 0 Å². The third-order valence-electron chi connectivity index (χ3n) is 3.59. The Balaban J connectivity index is 1.64. The molecule has 1 aromatic carbocycles. The quantitative estimate of drug-likeness (QED) is 0.790. The minimum atomic E-state index is 0.757. The molecule has 0 saturated carbocycles. The lowest BCUT2D eigenvalue weighted by Crippen LogP contribution is -2.30. The second kappa shape index (κ2) is 6.77. The lowest BCUT2D eigenvalue weighted by atomic mass is 9.97. The predicted octanol–water partition coefficient (Wildman–Crippen LogP) is 2.90. The molecule has 2 rings (SSSR count). The molecule has 2 nitrogen and oxygen atoms in total. The standard InChI is InChI=1S/C15H23NO/c1-13-5-2-3-7-15(13)12-17-10-8-14-6-4-9-16-11-14/h2-3,5,7,14,16H,4,6,8-12H2,1H3. The van der Waals surface area contributed by atoms with Crippen molar-refractivity contribution >= 4 is 0 Å². The van der Waals surface area contributed by atoms with E-state index in [-0.39, 0.29) is 0 Å². The smallest absolute Gasteiger partial charge is 0.0719 e. The number of nitrogens with one attached hydrogen (secondary N) is 1. The number of piperidine rings is 1. The van der Waals surface area contributed by atoms with Gasteiger partial charge in [0.25, 0.3) is 0 Å². The molecular weight excluding hydrogens is 210 g/mol. The van der Waals surface area contributed by atoms with Crippen molar-refractivity contribution in [3.8, 4) is 0 Å². The van der Waals surface area contributed by atoms with Gasteiger partial charge in [0.2, 0.25) is 0 Å². The van der Waals surface area contributed by atoms with Crippen molar-refractivity contribution in [2.24, 2.45) is 5.92 Å². The molecule has 17 heavy (non-hydrogen) atoms. The fourth-order valence-corrected chi connectivity index (χ4v) is 2.37. The van der Waals surface area contributed by atoms with Crippen LogP contribution in [0, 0.1) is 12.8 Å². The second-order valence-electron chi connectivity index (χ2n) is 4.98. The highest BCUT2D eigenvalue weighted by molar-refractivity contribution is 5.24. The first-order chi connectivity index (χ1) is 8.36. The maximum absolute atomic E-state index is 5.78. The van der Waals surface area contributed by atoms with Gasteiger partial charge >= 0.3 is 0 Å². The molecule has 1 N–H and O–H groups in total. The van der Waals surface area contributed by atoms with E-state index in [9.17, 15) is 0 Å². The third-order valence-corrected chi connectivity index (χ3v) is 3.59. The van der Waals surface area contributed by atoms with E-state index in [0.717, 1.165) is 19.1 Å². The van der Waals surface area contributed by atoms with Gasteiger partial charge in [0.15, 0.2) is 0 Å². The molecule has 2 heteroatoms. The Morgan fingerprint density at radius 2 is 2.24 bits per heavy atom. The van der Waals surface area contributed by atoms with E-state index in [1.165, 1.54) is 43.5 Å². The van der Waals surface area contributed by atoms with Crippen molar-refractivity contribution in [2.45, 2.75) is 32.8 Å². The summed E-state index contributed by atoms with van der Waals surface area (Å²) in [5, 5.41) is 3.45. The summed E-state index contributed by atoms with van der Waals surface area (Å²) in [4.78, 5) is 0. The van der Waals surface area contributed by atoms with Crippen LogP contribution >= 0.6 is 0 Å². The molecule has 0 amide bonds. The zero-order chi connectivity index (χ0) is 11.9. The van der Waals surface area contributed by atoms with Gasteiger partial charge in [-0.1, -0.05) is 24.3 Å². The van der Waals surface area contributed by atoms with Gasteiger partial charge in [0.05, 0.1) is 6.61 Å². The molecule has 1 unspecified atom stereocenters. The van der Waals surface area contributed by atoms with Gasteiger partial charge in [-0.05, 0) is 56.3 Å². The van der Waals surface area contributed by atoms with Crippen LogP contribution in [0.5, 0.6) is 0 Å². The number of hydrogen-bond donors (Lipinski definition) is 1. The summed E-state index contributed by atoms with van der Waals surface area (Å²) in [6, 6.07) is 8.45. The molecule has 0 bridgehead atoms. The van der Waals surface area contributed by atoms with Gasteiger partial charge in [-0.25, -0.2) is 0 Å². The van der Waals surface area contributed by atoms with Crippen LogP contribution < -0.4 is 5.32 Å². The summed E-state index contributed by atoms with van der Waals surface area (Å²) >= 11 is 0. The van der Waals surface area contributed by atoms with E-state index in [2.05, 4.69) is 36.5 Å². The molecular formula is C15H23NO. The van der Waals surface area contributed by atoms with Gasteiger partial charge in [-0.15, -0.1) is 0 Å². The van der Waals surface area contributed by atoms with Crippen LogP contribution in [0.1, 0.15) is 30.4 Å². The molecule has 1 heterocycles. The first-order valence-electron chi connectivity index (χ1n) is 6.69. The maximum atomic E-state index is 5.78. The minimum absolute atomic E-state index is 0.757. The van der Waals surface area contributed by atoms with E-state index < -0.39 is 0 Å². The molecule has 0 aromatic heterocycles. The van der Waals surface area contributed by atoms with E-state index >= 15 is 0 Å². The molecule has 1 fully saturated rings. The highest BCUT2D eigenvalue weighted by Gasteiger charge is 2.12. The average Bonchev–Trinajstić information content (AvgIpc) is 2.38. The highest BCUT2D eigenvalue weighted by Crippen LogP contribution is 2.14. The summed E-state index contributed by atoms with van der Waals surface area (Å²) in [6.45, 7) is 6.16.